The highest BCUT2D eigenvalue weighted by molar-refractivity contribution is 5.87. The maximum Gasteiger partial charge on any atom is 0.332 e. The Kier molecular flexibility index (Phi) is 4.30. The Morgan fingerprint density at radius 3 is 2.32 bits per heavy atom. The van der Waals surface area contributed by atoms with E-state index in [1.165, 1.54) is 9.13 Å². The molecule has 8 nitrogen and oxygen atoms in total. The van der Waals surface area contributed by atoms with Crippen LogP contribution in [0.4, 0.5) is 5.95 Å². The van der Waals surface area contributed by atoms with Gasteiger partial charge in [-0.05, 0) is 18.8 Å². The van der Waals surface area contributed by atoms with Crippen molar-refractivity contribution >= 4 is 22.8 Å². The Labute approximate surface area is 146 Å². The van der Waals surface area contributed by atoms with E-state index in [1.54, 1.807) is 7.05 Å². The minimum absolute atomic E-state index is 0.201. The third-order valence-electron chi connectivity index (χ3n) is 4.21. The molecule has 8 heteroatoms. The molecule has 0 saturated carbocycles. The van der Waals surface area contributed by atoms with Gasteiger partial charge in [0.2, 0.25) is 5.95 Å². The van der Waals surface area contributed by atoms with Crippen molar-refractivity contribution in [3.05, 3.63) is 20.8 Å². The number of hydrazone groups is 1. The number of rotatable bonds is 4. The highest BCUT2D eigenvalue weighted by Gasteiger charge is 2.27. The van der Waals surface area contributed by atoms with E-state index in [4.69, 9.17) is 0 Å². The second-order valence-electron chi connectivity index (χ2n) is 7.63. The molecule has 25 heavy (non-hydrogen) atoms. The third-order valence-corrected chi connectivity index (χ3v) is 4.21. The summed E-state index contributed by atoms with van der Waals surface area (Å²) in [6.07, 6.45) is 0. The lowest BCUT2D eigenvalue weighted by molar-refractivity contribution is 0.484. The van der Waals surface area contributed by atoms with Crippen LogP contribution in [0.5, 0.6) is 0 Å². The number of nitrogens with zero attached hydrogens (tertiary/aromatic N) is 6. The molecule has 0 amide bonds. The predicted octanol–water partition coefficient (Wildman–Crippen LogP) is 1.40. The summed E-state index contributed by atoms with van der Waals surface area (Å²) in [5.41, 5.74) is 1.21. The van der Waals surface area contributed by atoms with Crippen LogP contribution in [0.25, 0.3) is 11.2 Å². The molecule has 0 aliphatic carbocycles. The molecule has 2 aromatic heterocycles. The second-order valence-corrected chi connectivity index (χ2v) is 7.63. The van der Waals surface area contributed by atoms with Crippen LogP contribution in [0.1, 0.15) is 34.6 Å². The summed E-state index contributed by atoms with van der Waals surface area (Å²) in [6, 6.07) is 0. The van der Waals surface area contributed by atoms with Crippen molar-refractivity contribution in [3.8, 4) is 0 Å². The van der Waals surface area contributed by atoms with Crippen LogP contribution in [-0.4, -0.2) is 30.9 Å². The highest BCUT2D eigenvalue weighted by Crippen LogP contribution is 2.24. The van der Waals surface area contributed by atoms with Gasteiger partial charge in [-0.25, -0.2) is 9.80 Å². The zero-order valence-corrected chi connectivity index (χ0v) is 15.8. The fourth-order valence-corrected chi connectivity index (χ4v) is 3.21. The normalized spacial score (nSPS) is 14.6. The summed E-state index contributed by atoms with van der Waals surface area (Å²) in [7, 11) is 1.67. The monoisotopic (exact) mass is 346 g/mol. The lowest BCUT2D eigenvalue weighted by atomic mass is 10.2. The topological polar surface area (TPSA) is 77.4 Å². The van der Waals surface area contributed by atoms with Gasteiger partial charge in [0.05, 0.1) is 12.3 Å². The maximum absolute atomic E-state index is 13.0. The zero-order chi connectivity index (χ0) is 18.5. The van der Waals surface area contributed by atoms with Crippen molar-refractivity contribution < 1.29 is 0 Å². The van der Waals surface area contributed by atoms with Gasteiger partial charge in [-0.15, -0.1) is 0 Å². The van der Waals surface area contributed by atoms with Crippen molar-refractivity contribution in [2.45, 2.75) is 47.7 Å². The van der Waals surface area contributed by atoms with E-state index >= 15 is 0 Å². The summed E-state index contributed by atoms with van der Waals surface area (Å²) >= 11 is 0. The summed E-state index contributed by atoms with van der Waals surface area (Å²) in [4.78, 5) is 30.2. The molecule has 2 aromatic rings. The molecule has 3 rings (SSSR count). The highest BCUT2D eigenvalue weighted by atomic mass is 16.2. The first-order chi connectivity index (χ1) is 11.7. The Bertz CT molecular complexity index is 960. The summed E-state index contributed by atoms with van der Waals surface area (Å²) in [6.45, 7) is 11.7. The van der Waals surface area contributed by atoms with Crippen LogP contribution >= 0.6 is 0 Å². The van der Waals surface area contributed by atoms with Gasteiger partial charge in [0.15, 0.2) is 11.2 Å². The minimum atomic E-state index is -0.324. The van der Waals surface area contributed by atoms with E-state index in [1.807, 2.05) is 30.3 Å². The van der Waals surface area contributed by atoms with Gasteiger partial charge in [-0.3, -0.25) is 18.5 Å². The molecule has 0 fully saturated rings. The average molecular weight is 346 g/mol. The van der Waals surface area contributed by atoms with E-state index in [9.17, 15) is 9.59 Å². The van der Waals surface area contributed by atoms with Crippen LogP contribution in [0.3, 0.4) is 0 Å². The molecule has 0 aromatic carbocycles. The number of imidazole rings is 1. The SMILES string of the molecule is CC1=NN(CC(C)C)c2nc3c(c(=O)n(CC(C)C)c(=O)n3C)n2C1. The predicted molar refractivity (Wildman–Crippen MR) is 99.4 cm³/mol. The van der Waals surface area contributed by atoms with Gasteiger partial charge in [0, 0.05) is 20.1 Å². The first-order valence-electron chi connectivity index (χ1n) is 8.72. The lowest BCUT2D eigenvalue weighted by Gasteiger charge is -2.26. The average Bonchev–Trinajstić information content (AvgIpc) is 2.88. The largest absolute Gasteiger partial charge is 0.332 e. The second kappa shape index (κ2) is 6.16. The van der Waals surface area contributed by atoms with Crippen molar-refractivity contribution in [2.24, 2.45) is 24.0 Å². The van der Waals surface area contributed by atoms with Crippen LogP contribution in [0.2, 0.25) is 0 Å². The molecular weight excluding hydrogens is 320 g/mol. The molecule has 0 bridgehead atoms. The number of aromatic nitrogens is 4. The standard InChI is InChI=1S/C17H26N6O2/c1-10(2)7-22-15(24)13-14(20(6)17(22)25)18-16-21(13)9-12(5)19-23(16)8-11(3)4/h10-11H,7-9H2,1-6H3. The maximum atomic E-state index is 13.0. The molecule has 1 aliphatic heterocycles. The van der Waals surface area contributed by atoms with Gasteiger partial charge in [0.25, 0.3) is 5.56 Å². The Morgan fingerprint density at radius 1 is 1.08 bits per heavy atom. The molecule has 0 spiro atoms. The van der Waals surface area contributed by atoms with E-state index in [-0.39, 0.29) is 17.2 Å². The minimum Gasteiger partial charge on any atom is -0.297 e. The number of hydrogen-bond acceptors (Lipinski definition) is 5. The smallest absolute Gasteiger partial charge is 0.297 e. The van der Waals surface area contributed by atoms with E-state index in [0.29, 0.717) is 42.7 Å². The summed E-state index contributed by atoms with van der Waals surface area (Å²) < 4.78 is 4.67. The van der Waals surface area contributed by atoms with Crippen LogP contribution < -0.4 is 16.3 Å². The Hall–Kier alpha value is -2.38. The number of fused-ring (bicyclic) bond motifs is 3. The molecular formula is C17H26N6O2. The first-order valence-corrected chi connectivity index (χ1v) is 8.72. The Morgan fingerprint density at radius 2 is 1.72 bits per heavy atom. The van der Waals surface area contributed by atoms with E-state index in [0.717, 1.165) is 5.71 Å². The van der Waals surface area contributed by atoms with Gasteiger partial charge >= 0.3 is 5.69 Å². The molecule has 0 radical (unpaired) electrons. The van der Waals surface area contributed by atoms with E-state index in [2.05, 4.69) is 23.9 Å². The van der Waals surface area contributed by atoms with Gasteiger partial charge in [-0.1, -0.05) is 27.7 Å². The van der Waals surface area contributed by atoms with Gasteiger partial charge in [0.1, 0.15) is 0 Å². The van der Waals surface area contributed by atoms with Crippen molar-refractivity contribution in [2.75, 3.05) is 11.6 Å². The molecule has 0 N–H and O–H groups in total. The van der Waals surface area contributed by atoms with Crippen LogP contribution in [-0.2, 0) is 20.1 Å². The lowest BCUT2D eigenvalue weighted by Crippen LogP contribution is -2.41. The molecule has 1 aliphatic rings. The van der Waals surface area contributed by atoms with Crippen LogP contribution in [0, 0.1) is 11.8 Å². The molecule has 0 atom stereocenters. The summed E-state index contributed by atoms with van der Waals surface area (Å²) in [5.74, 6) is 1.22. The molecule has 136 valence electrons. The van der Waals surface area contributed by atoms with Crippen molar-refractivity contribution in [1.82, 2.24) is 18.7 Å². The molecule has 3 heterocycles. The van der Waals surface area contributed by atoms with Gasteiger partial charge < -0.3 is 0 Å². The fourth-order valence-electron chi connectivity index (χ4n) is 3.21. The number of aryl methyl sites for hydroxylation is 1. The molecule has 0 saturated heterocycles. The van der Waals surface area contributed by atoms with Crippen LogP contribution in [0.15, 0.2) is 14.7 Å². The third kappa shape index (κ3) is 2.89. The Balaban J connectivity index is 2.30. The van der Waals surface area contributed by atoms with E-state index < -0.39 is 0 Å². The fraction of sp³-hybridized carbons (Fsp3) is 0.647. The first kappa shape index (κ1) is 17.4. The quantitative estimate of drug-likeness (QED) is 0.838. The number of anilines is 1. The molecule has 0 unspecified atom stereocenters. The van der Waals surface area contributed by atoms with Crippen molar-refractivity contribution in [1.29, 1.82) is 0 Å². The zero-order valence-electron chi connectivity index (χ0n) is 15.8. The van der Waals surface area contributed by atoms with Crippen molar-refractivity contribution in [3.63, 3.8) is 0 Å². The van der Waals surface area contributed by atoms with Gasteiger partial charge in [-0.2, -0.15) is 10.1 Å². The number of hydrogen-bond donors (Lipinski definition) is 0. The summed E-state index contributed by atoms with van der Waals surface area (Å²) in [5, 5.41) is 6.42.